The van der Waals surface area contributed by atoms with Crippen LogP contribution in [0.3, 0.4) is 0 Å². The largest absolute Gasteiger partial charge is 0.337 e. The van der Waals surface area contributed by atoms with Crippen molar-refractivity contribution in [3.05, 3.63) is 65.3 Å². The van der Waals surface area contributed by atoms with Crippen molar-refractivity contribution in [2.45, 2.75) is 6.92 Å². The summed E-state index contributed by atoms with van der Waals surface area (Å²) in [6.45, 7) is 4.58. The lowest BCUT2D eigenvalue weighted by atomic mass is 10.2. The number of imidazole rings is 1. The molecule has 9 heteroatoms. The summed E-state index contributed by atoms with van der Waals surface area (Å²) in [5.74, 6) is 0.450. The average molecular weight is 422 g/mol. The van der Waals surface area contributed by atoms with E-state index in [9.17, 15) is 9.18 Å². The minimum Gasteiger partial charge on any atom is -0.337 e. The third kappa shape index (κ3) is 3.30. The lowest BCUT2D eigenvalue weighted by Crippen LogP contribution is -2.49. The molecule has 1 saturated heterocycles. The summed E-state index contributed by atoms with van der Waals surface area (Å²) in [4.78, 5) is 31.8. The van der Waals surface area contributed by atoms with Gasteiger partial charge in [0.1, 0.15) is 10.7 Å². The van der Waals surface area contributed by atoms with Gasteiger partial charge in [-0.1, -0.05) is 11.3 Å². The molecule has 3 aromatic heterocycles. The number of benzene rings is 1. The van der Waals surface area contributed by atoms with E-state index in [-0.39, 0.29) is 11.7 Å². The van der Waals surface area contributed by atoms with E-state index in [2.05, 4.69) is 19.9 Å². The highest BCUT2D eigenvalue weighted by atomic mass is 32.1. The Morgan fingerprint density at radius 2 is 1.77 bits per heavy atom. The highest BCUT2D eigenvalue weighted by Gasteiger charge is 2.27. The lowest BCUT2D eigenvalue weighted by Gasteiger charge is -2.34. The molecular weight excluding hydrogens is 403 g/mol. The van der Waals surface area contributed by atoms with Crippen molar-refractivity contribution < 1.29 is 9.18 Å². The average Bonchev–Trinajstić information content (AvgIpc) is 3.34. The second kappa shape index (κ2) is 7.49. The third-order valence-electron chi connectivity index (χ3n) is 5.29. The van der Waals surface area contributed by atoms with Gasteiger partial charge in [0.15, 0.2) is 4.96 Å². The summed E-state index contributed by atoms with van der Waals surface area (Å²) < 4.78 is 15.1. The summed E-state index contributed by atoms with van der Waals surface area (Å²) in [7, 11) is 0. The van der Waals surface area contributed by atoms with Gasteiger partial charge in [-0.15, -0.1) is 0 Å². The molecule has 1 aliphatic heterocycles. The molecular formula is C21H19FN6OS. The SMILES string of the molecule is Cc1c(C(=O)N2CCN(c3ncccn3)CC2)sc2nc(-c3ccc(F)cc3)cn12. The van der Waals surface area contributed by atoms with Crippen LogP contribution in [0.4, 0.5) is 10.3 Å². The lowest BCUT2D eigenvalue weighted by molar-refractivity contribution is 0.0750. The molecule has 0 unspecified atom stereocenters. The van der Waals surface area contributed by atoms with Crippen molar-refractivity contribution in [3.8, 4) is 11.3 Å². The summed E-state index contributed by atoms with van der Waals surface area (Å²) in [5.41, 5.74) is 2.48. The number of carbonyl (C=O) groups is 1. The van der Waals surface area contributed by atoms with Crippen LogP contribution in [0, 0.1) is 12.7 Å². The maximum atomic E-state index is 13.2. The second-order valence-electron chi connectivity index (χ2n) is 7.13. The summed E-state index contributed by atoms with van der Waals surface area (Å²) in [5, 5.41) is 0. The van der Waals surface area contributed by atoms with E-state index in [1.165, 1.54) is 23.5 Å². The number of halogens is 1. The van der Waals surface area contributed by atoms with Gasteiger partial charge < -0.3 is 9.80 Å². The maximum absolute atomic E-state index is 13.2. The van der Waals surface area contributed by atoms with E-state index in [1.807, 2.05) is 22.4 Å². The van der Waals surface area contributed by atoms with Gasteiger partial charge in [0.05, 0.1) is 5.69 Å². The van der Waals surface area contributed by atoms with Crippen LogP contribution in [0.5, 0.6) is 0 Å². The van der Waals surface area contributed by atoms with Crippen molar-refractivity contribution >= 4 is 28.2 Å². The van der Waals surface area contributed by atoms with Gasteiger partial charge in [-0.3, -0.25) is 9.20 Å². The van der Waals surface area contributed by atoms with Crippen LogP contribution in [0.25, 0.3) is 16.2 Å². The molecule has 0 saturated carbocycles. The molecule has 1 fully saturated rings. The van der Waals surface area contributed by atoms with Gasteiger partial charge in [0, 0.05) is 56.0 Å². The van der Waals surface area contributed by atoms with E-state index < -0.39 is 0 Å². The fourth-order valence-corrected chi connectivity index (χ4v) is 4.69. The molecule has 0 N–H and O–H groups in total. The number of aromatic nitrogens is 4. The molecule has 4 heterocycles. The second-order valence-corrected chi connectivity index (χ2v) is 8.11. The molecule has 0 radical (unpaired) electrons. The Morgan fingerprint density at radius 3 is 2.43 bits per heavy atom. The van der Waals surface area contributed by atoms with Crippen LogP contribution in [0.2, 0.25) is 0 Å². The number of rotatable bonds is 3. The Labute approximate surface area is 176 Å². The quantitative estimate of drug-likeness (QED) is 0.507. The molecule has 0 aliphatic carbocycles. The Bertz CT molecular complexity index is 1200. The molecule has 5 rings (SSSR count). The number of hydrogen-bond donors (Lipinski definition) is 0. The first-order valence-corrected chi connectivity index (χ1v) is 10.5. The van der Waals surface area contributed by atoms with Crippen molar-refractivity contribution in [1.82, 2.24) is 24.3 Å². The van der Waals surface area contributed by atoms with Crippen LogP contribution in [-0.2, 0) is 0 Å². The van der Waals surface area contributed by atoms with Crippen LogP contribution in [0.15, 0.2) is 48.9 Å². The van der Waals surface area contributed by atoms with Crippen molar-refractivity contribution in [1.29, 1.82) is 0 Å². The standard InChI is InChI=1S/C21H19FN6OS/c1-14-18(19(29)26-9-11-27(12-10-26)20-23-7-2-8-24-20)30-21-25-17(13-28(14)21)15-3-5-16(22)6-4-15/h2-8,13H,9-12H2,1H3. The molecule has 0 bridgehead atoms. The van der Waals surface area contributed by atoms with E-state index in [1.54, 1.807) is 30.6 Å². The first kappa shape index (κ1) is 18.7. The summed E-state index contributed by atoms with van der Waals surface area (Å²) >= 11 is 1.39. The van der Waals surface area contributed by atoms with Crippen LogP contribution in [-0.4, -0.2) is 56.3 Å². The number of aryl methyl sites for hydroxylation is 1. The molecule has 4 aromatic rings. The first-order chi connectivity index (χ1) is 14.6. The summed E-state index contributed by atoms with van der Waals surface area (Å²) in [6, 6.07) is 8.05. The summed E-state index contributed by atoms with van der Waals surface area (Å²) in [6.07, 6.45) is 5.35. The molecule has 1 amide bonds. The van der Waals surface area contributed by atoms with Gasteiger partial charge >= 0.3 is 0 Å². The Morgan fingerprint density at radius 1 is 1.07 bits per heavy atom. The number of carbonyl (C=O) groups excluding carboxylic acids is 1. The van der Waals surface area contributed by atoms with Crippen molar-refractivity contribution in [2.24, 2.45) is 0 Å². The molecule has 152 valence electrons. The predicted molar refractivity (Wildman–Crippen MR) is 113 cm³/mol. The Kier molecular flexibility index (Phi) is 4.66. The van der Waals surface area contributed by atoms with E-state index in [4.69, 9.17) is 0 Å². The minimum atomic E-state index is -0.275. The van der Waals surface area contributed by atoms with Crippen LogP contribution in [0.1, 0.15) is 15.4 Å². The Hall–Kier alpha value is -3.33. The first-order valence-electron chi connectivity index (χ1n) is 9.66. The zero-order chi connectivity index (χ0) is 20.7. The topological polar surface area (TPSA) is 66.6 Å². The molecule has 30 heavy (non-hydrogen) atoms. The van der Waals surface area contributed by atoms with Gasteiger partial charge in [-0.25, -0.2) is 19.3 Å². The van der Waals surface area contributed by atoms with Crippen molar-refractivity contribution in [3.63, 3.8) is 0 Å². The van der Waals surface area contributed by atoms with Crippen LogP contribution < -0.4 is 4.90 Å². The molecule has 1 aliphatic rings. The minimum absolute atomic E-state index is 0.0277. The zero-order valence-electron chi connectivity index (χ0n) is 16.3. The normalized spacial score (nSPS) is 14.5. The molecule has 7 nitrogen and oxygen atoms in total. The maximum Gasteiger partial charge on any atom is 0.265 e. The highest BCUT2D eigenvalue weighted by Crippen LogP contribution is 2.28. The number of thiazole rings is 1. The zero-order valence-corrected chi connectivity index (χ0v) is 17.1. The van der Waals surface area contributed by atoms with Gasteiger partial charge in [-0.2, -0.15) is 0 Å². The van der Waals surface area contributed by atoms with Crippen LogP contribution >= 0.6 is 11.3 Å². The molecule has 0 spiro atoms. The predicted octanol–water partition coefficient (Wildman–Crippen LogP) is 3.26. The molecule has 1 aromatic carbocycles. The van der Waals surface area contributed by atoms with Gasteiger partial charge in [0.2, 0.25) is 5.95 Å². The van der Waals surface area contributed by atoms with Gasteiger partial charge in [0.25, 0.3) is 5.91 Å². The smallest absolute Gasteiger partial charge is 0.265 e. The number of hydrogen-bond acceptors (Lipinski definition) is 6. The van der Waals surface area contributed by atoms with E-state index in [0.29, 0.717) is 37.0 Å². The number of piperazine rings is 1. The van der Waals surface area contributed by atoms with E-state index >= 15 is 0 Å². The number of nitrogens with zero attached hydrogens (tertiary/aromatic N) is 6. The number of fused-ring (bicyclic) bond motifs is 1. The van der Waals surface area contributed by atoms with E-state index in [0.717, 1.165) is 21.9 Å². The highest BCUT2D eigenvalue weighted by molar-refractivity contribution is 7.19. The Balaban J connectivity index is 1.33. The fourth-order valence-electron chi connectivity index (χ4n) is 3.62. The number of anilines is 1. The fraction of sp³-hybridized carbons (Fsp3) is 0.238. The third-order valence-corrected chi connectivity index (χ3v) is 6.44. The van der Waals surface area contributed by atoms with Gasteiger partial charge in [-0.05, 0) is 37.3 Å². The van der Waals surface area contributed by atoms with Crippen molar-refractivity contribution in [2.75, 3.05) is 31.1 Å². The monoisotopic (exact) mass is 422 g/mol. The number of amides is 1. The molecule has 0 atom stereocenters.